The molecule has 2 N–H and O–H groups in total. The Bertz CT molecular complexity index is 979. The van der Waals surface area contributed by atoms with E-state index in [1.54, 1.807) is 49.8 Å². The van der Waals surface area contributed by atoms with E-state index in [2.05, 4.69) is 20.6 Å². The van der Waals surface area contributed by atoms with Crippen molar-refractivity contribution >= 4 is 11.9 Å². The fraction of sp³-hybridized carbons (Fsp3) is 0.280. The summed E-state index contributed by atoms with van der Waals surface area (Å²) in [4.78, 5) is 33.2. The van der Waals surface area contributed by atoms with Crippen LogP contribution in [0, 0.1) is 0 Å². The smallest absolute Gasteiger partial charge is 0.338 e. The van der Waals surface area contributed by atoms with Gasteiger partial charge in [-0.3, -0.25) is 14.8 Å². The molecular formula is C25H28N4O3. The van der Waals surface area contributed by atoms with Crippen LogP contribution in [0.1, 0.15) is 40.0 Å². The Labute approximate surface area is 188 Å². The first-order valence-electron chi connectivity index (χ1n) is 10.7. The summed E-state index contributed by atoms with van der Waals surface area (Å²) >= 11 is 0. The number of pyridine rings is 2. The Balaban J connectivity index is 1.65. The molecule has 1 amide bonds. The summed E-state index contributed by atoms with van der Waals surface area (Å²) in [6, 6.07) is 14.2. The van der Waals surface area contributed by atoms with Crippen LogP contribution in [0.25, 0.3) is 0 Å². The number of carbonyl (C=O) groups excluding carboxylic acids is 2. The molecule has 1 aromatic carbocycles. The summed E-state index contributed by atoms with van der Waals surface area (Å²) < 4.78 is 5.04. The van der Waals surface area contributed by atoms with Gasteiger partial charge in [-0.2, -0.15) is 0 Å². The zero-order valence-electron chi connectivity index (χ0n) is 18.2. The van der Waals surface area contributed by atoms with Crippen LogP contribution in [-0.4, -0.2) is 41.5 Å². The molecule has 0 radical (unpaired) electrons. The molecule has 2 heterocycles. The fourth-order valence-corrected chi connectivity index (χ4v) is 3.27. The van der Waals surface area contributed by atoms with Crippen LogP contribution >= 0.6 is 0 Å². The highest BCUT2D eigenvalue weighted by molar-refractivity contribution is 5.90. The van der Waals surface area contributed by atoms with Crippen molar-refractivity contribution in [3.63, 3.8) is 0 Å². The monoisotopic (exact) mass is 432 g/mol. The second-order valence-electron chi connectivity index (χ2n) is 7.24. The predicted octanol–water partition coefficient (Wildman–Crippen LogP) is 2.89. The molecule has 3 aromatic rings. The van der Waals surface area contributed by atoms with Crippen molar-refractivity contribution in [1.29, 1.82) is 0 Å². The highest BCUT2D eigenvalue weighted by Crippen LogP contribution is 2.16. The normalized spacial score (nSPS) is 11.5. The van der Waals surface area contributed by atoms with Crippen molar-refractivity contribution in [3.8, 4) is 0 Å². The van der Waals surface area contributed by atoms with Gasteiger partial charge >= 0.3 is 5.97 Å². The lowest BCUT2D eigenvalue weighted by atomic mass is 10.0. The summed E-state index contributed by atoms with van der Waals surface area (Å²) in [7, 11) is 0. The van der Waals surface area contributed by atoms with Gasteiger partial charge < -0.3 is 15.4 Å². The molecule has 0 aliphatic heterocycles. The summed E-state index contributed by atoms with van der Waals surface area (Å²) in [5.41, 5.74) is 3.39. The van der Waals surface area contributed by atoms with E-state index in [0.717, 1.165) is 23.1 Å². The largest absolute Gasteiger partial charge is 0.462 e. The molecule has 0 saturated carbocycles. The minimum Gasteiger partial charge on any atom is -0.462 e. The molecule has 2 aromatic heterocycles. The van der Waals surface area contributed by atoms with Crippen molar-refractivity contribution < 1.29 is 14.3 Å². The van der Waals surface area contributed by atoms with Gasteiger partial charge in [-0.1, -0.05) is 24.3 Å². The summed E-state index contributed by atoms with van der Waals surface area (Å²) in [5, 5.41) is 6.34. The quantitative estimate of drug-likeness (QED) is 0.453. The van der Waals surface area contributed by atoms with E-state index in [1.165, 1.54) is 0 Å². The third kappa shape index (κ3) is 6.99. The Morgan fingerprint density at radius 2 is 1.53 bits per heavy atom. The van der Waals surface area contributed by atoms with Crippen LogP contribution in [0.15, 0.2) is 73.3 Å². The maximum atomic E-state index is 13.0. The molecule has 0 aliphatic rings. The second kappa shape index (κ2) is 12.3. The number of amides is 1. The molecule has 0 bridgehead atoms. The first-order chi connectivity index (χ1) is 15.7. The molecule has 0 fully saturated rings. The van der Waals surface area contributed by atoms with Gasteiger partial charge in [0.05, 0.1) is 12.2 Å². The molecule has 0 aliphatic carbocycles. The molecule has 1 atom stereocenters. The van der Waals surface area contributed by atoms with E-state index in [4.69, 9.17) is 4.74 Å². The average Bonchev–Trinajstić information content (AvgIpc) is 2.83. The topological polar surface area (TPSA) is 93.2 Å². The standard InChI is InChI=1S/C25H28N4O3/c1-2-32-25(31)22-9-7-21(8-10-22)23(28-15-11-19-5-3-13-26-17-19)24(30)29-16-12-20-6-4-14-27-18-20/h3-10,13-14,17-18,23,28H,2,11-12,15-16H2,1H3,(H,29,30). The second-order valence-corrected chi connectivity index (χ2v) is 7.24. The van der Waals surface area contributed by atoms with E-state index in [0.29, 0.717) is 31.7 Å². The van der Waals surface area contributed by atoms with Crippen molar-refractivity contribution in [2.45, 2.75) is 25.8 Å². The van der Waals surface area contributed by atoms with Gasteiger partial charge in [0.15, 0.2) is 0 Å². The minimum atomic E-state index is -0.545. The molecule has 7 heteroatoms. The SMILES string of the molecule is CCOC(=O)c1ccc(C(NCCc2cccnc2)C(=O)NCCc2cccnc2)cc1. The molecule has 3 rings (SSSR count). The molecule has 0 saturated heterocycles. The van der Waals surface area contributed by atoms with E-state index >= 15 is 0 Å². The summed E-state index contributed by atoms with van der Waals surface area (Å²) in [6.07, 6.45) is 8.52. The fourth-order valence-electron chi connectivity index (χ4n) is 3.27. The zero-order chi connectivity index (χ0) is 22.6. The number of hydrogen-bond acceptors (Lipinski definition) is 6. The minimum absolute atomic E-state index is 0.121. The van der Waals surface area contributed by atoms with E-state index in [1.807, 2.05) is 30.5 Å². The van der Waals surface area contributed by atoms with Gasteiger partial charge in [0.25, 0.3) is 0 Å². The van der Waals surface area contributed by atoms with Gasteiger partial charge in [-0.15, -0.1) is 0 Å². The number of hydrogen-bond donors (Lipinski definition) is 2. The Morgan fingerprint density at radius 1 is 0.906 bits per heavy atom. The van der Waals surface area contributed by atoms with E-state index < -0.39 is 6.04 Å². The van der Waals surface area contributed by atoms with Crippen molar-refractivity contribution in [1.82, 2.24) is 20.6 Å². The van der Waals surface area contributed by atoms with Crippen molar-refractivity contribution in [2.75, 3.05) is 19.7 Å². The maximum Gasteiger partial charge on any atom is 0.338 e. The molecule has 166 valence electrons. The van der Waals surface area contributed by atoms with Crippen LogP contribution in [0.5, 0.6) is 0 Å². The van der Waals surface area contributed by atoms with Crippen molar-refractivity contribution in [2.24, 2.45) is 0 Å². The summed E-state index contributed by atoms with van der Waals surface area (Å²) in [6.45, 7) is 3.20. The highest BCUT2D eigenvalue weighted by atomic mass is 16.5. The zero-order valence-corrected chi connectivity index (χ0v) is 18.2. The molecule has 32 heavy (non-hydrogen) atoms. The lowest BCUT2D eigenvalue weighted by Gasteiger charge is -2.19. The van der Waals surface area contributed by atoms with Crippen molar-refractivity contribution in [3.05, 3.63) is 95.6 Å². The number of nitrogens with one attached hydrogen (secondary N) is 2. The third-order valence-corrected chi connectivity index (χ3v) is 4.94. The lowest BCUT2D eigenvalue weighted by Crippen LogP contribution is -2.39. The number of ether oxygens (including phenoxy) is 1. The molecular weight excluding hydrogens is 404 g/mol. The van der Waals surface area contributed by atoms with Crippen LogP contribution in [-0.2, 0) is 22.4 Å². The third-order valence-electron chi connectivity index (χ3n) is 4.94. The number of benzene rings is 1. The first-order valence-corrected chi connectivity index (χ1v) is 10.7. The average molecular weight is 433 g/mol. The lowest BCUT2D eigenvalue weighted by molar-refractivity contribution is -0.123. The van der Waals surface area contributed by atoms with Gasteiger partial charge in [-0.05, 0) is 60.7 Å². The molecule has 1 unspecified atom stereocenters. The Kier molecular flexibility index (Phi) is 8.89. The number of esters is 1. The van der Waals surface area contributed by atoms with E-state index in [9.17, 15) is 9.59 Å². The number of nitrogens with zero attached hydrogens (tertiary/aromatic N) is 2. The van der Waals surface area contributed by atoms with Crippen LogP contribution in [0.4, 0.5) is 0 Å². The number of aromatic nitrogens is 2. The molecule has 7 nitrogen and oxygen atoms in total. The Morgan fingerprint density at radius 3 is 2.09 bits per heavy atom. The number of carbonyl (C=O) groups is 2. The van der Waals surface area contributed by atoms with Gasteiger partial charge in [0.2, 0.25) is 5.91 Å². The maximum absolute atomic E-state index is 13.0. The summed E-state index contributed by atoms with van der Waals surface area (Å²) in [5.74, 6) is -0.495. The molecule has 0 spiro atoms. The van der Waals surface area contributed by atoms with E-state index in [-0.39, 0.29) is 11.9 Å². The first kappa shape index (κ1) is 23.1. The highest BCUT2D eigenvalue weighted by Gasteiger charge is 2.20. The van der Waals surface area contributed by atoms with Crippen LogP contribution in [0.2, 0.25) is 0 Å². The van der Waals surface area contributed by atoms with Gasteiger partial charge in [-0.25, -0.2) is 4.79 Å². The Hall–Kier alpha value is -3.58. The number of rotatable bonds is 11. The van der Waals surface area contributed by atoms with Gasteiger partial charge in [0.1, 0.15) is 6.04 Å². The van der Waals surface area contributed by atoms with Crippen LogP contribution in [0.3, 0.4) is 0 Å². The predicted molar refractivity (Wildman–Crippen MR) is 122 cm³/mol. The van der Waals surface area contributed by atoms with Gasteiger partial charge in [0, 0.05) is 37.9 Å². The van der Waals surface area contributed by atoms with Crippen LogP contribution < -0.4 is 10.6 Å².